The summed E-state index contributed by atoms with van der Waals surface area (Å²) in [5.74, 6) is 0.00389. The smallest absolute Gasteiger partial charge is 0.238 e. The lowest BCUT2D eigenvalue weighted by Crippen LogP contribution is -2.16. The van der Waals surface area contributed by atoms with E-state index in [9.17, 15) is 13.2 Å². The number of benzene rings is 2. The van der Waals surface area contributed by atoms with Crippen LogP contribution in [0.2, 0.25) is 0 Å². The maximum Gasteiger partial charge on any atom is 0.238 e. The van der Waals surface area contributed by atoms with Gasteiger partial charge in [0.2, 0.25) is 10.0 Å². The van der Waals surface area contributed by atoms with Gasteiger partial charge in [-0.15, -0.1) is 0 Å². The third-order valence-corrected chi connectivity index (χ3v) is 4.22. The minimum Gasteiger partial charge on any atom is -0.496 e. The number of ketones is 1. The molecule has 0 aliphatic carbocycles. The van der Waals surface area contributed by atoms with Crippen molar-refractivity contribution in [1.29, 1.82) is 0 Å². The molecule has 0 spiro atoms. The molecule has 0 radical (unpaired) electrons. The molecule has 0 saturated carbocycles. The molecule has 0 atom stereocenters. The Morgan fingerprint density at radius 2 is 1.71 bits per heavy atom. The third-order valence-electron chi connectivity index (χ3n) is 3.17. The van der Waals surface area contributed by atoms with Crippen molar-refractivity contribution in [2.45, 2.75) is 11.8 Å². The van der Waals surface area contributed by atoms with E-state index in [4.69, 9.17) is 9.88 Å². The molecule has 6 heteroatoms. The van der Waals surface area contributed by atoms with Crippen molar-refractivity contribution >= 4 is 15.8 Å². The zero-order valence-electron chi connectivity index (χ0n) is 11.7. The van der Waals surface area contributed by atoms with E-state index in [1.807, 2.05) is 0 Å². The van der Waals surface area contributed by atoms with Crippen molar-refractivity contribution < 1.29 is 17.9 Å². The quantitative estimate of drug-likeness (QED) is 0.874. The Labute approximate surface area is 123 Å². The van der Waals surface area contributed by atoms with Crippen molar-refractivity contribution in [3.63, 3.8) is 0 Å². The van der Waals surface area contributed by atoms with Crippen LogP contribution < -0.4 is 9.88 Å². The summed E-state index contributed by atoms with van der Waals surface area (Å²) in [4.78, 5) is 12.5. The van der Waals surface area contributed by atoms with Crippen LogP contribution >= 0.6 is 0 Å². The molecule has 0 fully saturated rings. The van der Waals surface area contributed by atoms with Gasteiger partial charge in [0, 0.05) is 5.56 Å². The molecule has 5 nitrogen and oxygen atoms in total. The molecule has 0 saturated heterocycles. The first-order valence-electron chi connectivity index (χ1n) is 6.16. The molecular weight excluding hydrogens is 290 g/mol. The summed E-state index contributed by atoms with van der Waals surface area (Å²) in [6.45, 7) is 1.54. The number of rotatable bonds is 4. The van der Waals surface area contributed by atoms with Gasteiger partial charge in [-0.2, -0.15) is 0 Å². The van der Waals surface area contributed by atoms with E-state index in [0.717, 1.165) is 0 Å². The average molecular weight is 305 g/mol. The first-order valence-corrected chi connectivity index (χ1v) is 7.71. The number of carbonyl (C=O) groups is 1. The molecule has 0 heterocycles. The van der Waals surface area contributed by atoms with E-state index in [0.29, 0.717) is 11.3 Å². The second-order valence-corrected chi connectivity index (χ2v) is 6.04. The number of sulfonamides is 1. The number of carbonyl (C=O) groups excluding carboxylic acids is 1. The first kappa shape index (κ1) is 15.2. The number of methoxy groups -OCH3 is 1. The summed E-state index contributed by atoms with van der Waals surface area (Å²) >= 11 is 0. The highest BCUT2D eigenvalue weighted by atomic mass is 32.2. The summed E-state index contributed by atoms with van der Waals surface area (Å²) in [5, 5.41) is 5.18. The number of nitrogens with two attached hydrogens (primary N) is 1. The highest BCUT2D eigenvalue weighted by Crippen LogP contribution is 2.29. The highest BCUT2D eigenvalue weighted by molar-refractivity contribution is 7.89. The Balaban J connectivity index is 2.70. The molecule has 0 unspecified atom stereocenters. The minimum atomic E-state index is -3.90. The van der Waals surface area contributed by atoms with E-state index in [1.54, 1.807) is 37.3 Å². The predicted octanol–water partition coefficient (Wildman–Crippen LogP) is 1.88. The van der Waals surface area contributed by atoms with Gasteiger partial charge < -0.3 is 4.74 Å². The minimum absolute atomic E-state index is 0.0809. The maximum atomic E-state index is 12.6. The lowest BCUT2D eigenvalue weighted by Gasteiger charge is -2.13. The molecule has 0 aromatic heterocycles. The number of ether oxygens (including phenoxy) is 1. The second-order valence-electron chi connectivity index (χ2n) is 4.51. The summed E-state index contributed by atoms with van der Waals surface area (Å²) in [6.07, 6.45) is 0. The molecule has 0 amide bonds. The third kappa shape index (κ3) is 2.96. The van der Waals surface area contributed by atoms with E-state index >= 15 is 0 Å². The van der Waals surface area contributed by atoms with Crippen LogP contribution in [-0.4, -0.2) is 21.3 Å². The van der Waals surface area contributed by atoms with Crippen molar-refractivity contribution in [1.82, 2.24) is 0 Å². The lowest BCUT2D eigenvalue weighted by molar-refractivity contribution is 0.103. The summed E-state index contributed by atoms with van der Waals surface area (Å²) in [6, 6.07) is 11.3. The van der Waals surface area contributed by atoms with Gasteiger partial charge in [-0.3, -0.25) is 4.79 Å². The van der Waals surface area contributed by atoms with E-state index in [1.165, 1.54) is 19.2 Å². The Hall–Kier alpha value is -2.18. The second kappa shape index (κ2) is 5.67. The summed E-state index contributed by atoms with van der Waals surface area (Å²) < 4.78 is 28.4. The standard InChI is InChI=1S/C15H15NO4S/c1-10-13(21(16,18)19)9-8-12(20-2)14(10)15(17)11-6-4-3-5-7-11/h3-9H,1-2H3,(H2,16,18,19). The monoisotopic (exact) mass is 305 g/mol. The molecule has 21 heavy (non-hydrogen) atoms. The fraction of sp³-hybridized carbons (Fsp3) is 0.133. The van der Waals surface area contributed by atoms with Gasteiger partial charge in [-0.05, 0) is 24.6 Å². The van der Waals surface area contributed by atoms with Gasteiger partial charge in [-0.25, -0.2) is 13.6 Å². The fourth-order valence-electron chi connectivity index (χ4n) is 2.16. The van der Waals surface area contributed by atoms with Crippen LogP contribution in [-0.2, 0) is 10.0 Å². The normalized spacial score (nSPS) is 11.2. The average Bonchev–Trinajstić information content (AvgIpc) is 2.45. The van der Waals surface area contributed by atoms with Crippen LogP contribution in [0.3, 0.4) is 0 Å². The lowest BCUT2D eigenvalue weighted by atomic mass is 9.98. The topological polar surface area (TPSA) is 86.5 Å². The zero-order valence-corrected chi connectivity index (χ0v) is 12.5. The van der Waals surface area contributed by atoms with E-state index < -0.39 is 10.0 Å². The van der Waals surface area contributed by atoms with Crippen molar-refractivity contribution in [2.24, 2.45) is 5.14 Å². The maximum absolute atomic E-state index is 12.6. The number of hydrogen-bond donors (Lipinski definition) is 1. The van der Waals surface area contributed by atoms with E-state index in [2.05, 4.69) is 0 Å². The summed E-state index contributed by atoms with van der Waals surface area (Å²) in [7, 11) is -2.48. The molecule has 2 rings (SSSR count). The Morgan fingerprint density at radius 1 is 1.10 bits per heavy atom. The van der Waals surface area contributed by atoms with Crippen LogP contribution in [0.15, 0.2) is 47.4 Å². The van der Waals surface area contributed by atoms with Crippen LogP contribution in [0, 0.1) is 6.92 Å². The largest absolute Gasteiger partial charge is 0.496 e. The van der Waals surface area contributed by atoms with Crippen molar-refractivity contribution in [3.05, 3.63) is 59.2 Å². The number of hydrogen-bond acceptors (Lipinski definition) is 4. The molecule has 2 aromatic rings. The van der Waals surface area contributed by atoms with Crippen LogP contribution in [0.4, 0.5) is 0 Å². The van der Waals surface area contributed by atoms with Gasteiger partial charge in [0.1, 0.15) is 5.75 Å². The van der Waals surface area contributed by atoms with Gasteiger partial charge in [0.05, 0.1) is 17.6 Å². The first-order chi connectivity index (χ1) is 9.86. The molecule has 2 N–H and O–H groups in total. The Morgan fingerprint density at radius 3 is 2.24 bits per heavy atom. The zero-order chi connectivity index (χ0) is 15.6. The molecule has 0 aliphatic rings. The van der Waals surface area contributed by atoms with Crippen LogP contribution in [0.1, 0.15) is 21.5 Å². The van der Waals surface area contributed by atoms with Crippen molar-refractivity contribution in [3.8, 4) is 5.75 Å². The Bertz CT molecular complexity index is 783. The molecule has 0 bridgehead atoms. The van der Waals surface area contributed by atoms with Gasteiger partial charge in [0.15, 0.2) is 5.78 Å². The number of primary sulfonamides is 1. The van der Waals surface area contributed by atoms with Gasteiger partial charge in [0.25, 0.3) is 0 Å². The van der Waals surface area contributed by atoms with Gasteiger partial charge >= 0.3 is 0 Å². The molecular formula is C15H15NO4S. The van der Waals surface area contributed by atoms with Crippen LogP contribution in [0.5, 0.6) is 5.75 Å². The molecule has 110 valence electrons. The van der Waals surface area contributed by atoms with Gasteiger partial charge in [-0.1, -0.05) is 30.3 Å². The summed E-state index contributed by atoms with van der Waals surface area (Å²) in [5.41, 5.74) is 0.936. The van der Waals surface area contributed by atoms with E-state index in [-0.39, 0.29) is 21.8 Å². The Kier molecular flexibility index (Phi) is 4.11. The molecule has 2 aromatic carbocycles. The highest BCUT2D eigenvalue weighted by Gasteiger charge is 2.23. The SMILES string of the molecule is COc1ccc(S(N)(=O)=O)c(C)c1C(=O)c1ccccc1. The fourth-order valence-corrected chi connectivity index (χ4v) is 2.95. The van der Waals surface area contributed by atoms with Crippen molar-refractivity contribution in [2.75, 3.05) is 7.11 Å². The molecule has 0 aliphatic heterocycles. The predicted molar refractivity (Wildman–Crippen MR) is 79.0 cm³/mol. The van der Waals surface area contributed by atoms with Crippen LogP contribution in [0.25, 0.3) is 0 Å².